The second kappa shape index (κ2) is 10.6. The van der Waals surface area contributed by atoms with Gasteiger partial charge in [0.25, 0.3) is 5.91 Å². The van der Waals surface area contributed by atoms with Gasteiger partial charge < -0.3 is 15.2 Å². The number of thiazole rings is 1. The molecule has 0 spiro atoms. The molecule has 2 heterocycles. The molecule has 2 amide bonds. The van der Waals surface area contributed by atoms with Crippen molar-refractivity contribution in [1.82, 2.24) is 25.1 Å². The minimum absolute atomic E-state index is 0.163. The summed E-state index contributed by atoms with van der Waals surface area (Å²) in [6, 6.07) is 16.9. The maximum absolute atomic E-state index is 12.5. The van der Waals surface area contributed by atoms with E-state index in [-0.39, 0.29) is 23.6 Å². The summed E-state index contributed by atoms with van der Waals surface area (Å²) in [5.41, 5.74) is 3.44. The molecule has 4 rings (SSSR count). The molecular formula is C24H24N6O2S2. The molecule has 34 heavy (non-hydrogen) atoms. The third kappa shape index (κ3) is 5.70. The minimum atomic E-state index is -0.347. The normalized spacial score (nSPS) is 11.7. The van der Waals surface area contributed by atoms with Crippen molar-refractivity contribution in [1.29, 1.82) is 0 Å². The smallest absolute Gasteiger partial charge is 0.251 e. The minimum Gasteiger partial charge on any atom is -0.342 e. The van der Waals surface area contributed by atoms with Crippen LogP contribution in [0.2, 0.25) is 0 Å². The number of nitrogens with zero attached hydrogens (tertiary/aromatic N) is 4. The summed E-state index contributed by atoms with van der Waals surface area (Å²) < 4.78 is 1.79. The van der Waals surface area contributed by atoms with E-state index in [1.807, 2.05) is 74.8 Å². The number of aryl methyl sites for hydroxylation is 1. The predicted molar refractivity (Wildman–Crippen MR) is 135 cm³/mol. The van der Waals surface area contributed by atoms with E-state index in [0.717, 1.165) is 16.8 Å². The van der Waals surface area contributed by atoms with Gasteiger partial charge in [0.1, 0.15) is 0 Å². The second-order valence-electron chi connectivity index (χ2n) is 7.71. The van der Waals surface area contributed by atoms with Gasteiger partial charge in [-0.2, -0.15) is 0 Å². The van der Waals surface area contributed by atoms with E-state index in [9.17, 15) is 9.59 Å². The van der Waals surface area contributed by atoms with Crippen molar-refractivity contribution in [2.75, 3.05) is 11.1 Å². The van der Waals surface area contributed by atoms with Crippen molar-refractivity contribution in [2.45, 2.75) is 25.0 Å². The first-order valence-electron chi connectivity index (χ1n) is 10.6. The zero-order valence-electron chi connectivity index (χ0n) is 19.0. The predicted octanol–water partition coefficient (Wildman–Crippen LogP) is 4.47. The lowest BCUT2D eigenvalue weighted by atomic mass is 10.1. The van der Waals surface area contributed by atoms with Gasteiger partial charge in [-0.05, 0) is 26.0 Å². The van der Waals surface area contributed by atoms with Crippen LogP contribution < -0.4 is 10.6 Å². The molecule has 10 heteroatoms. The molecule has 2 aromatic heterocycles. The first-order chi connectivity index (χ1) is 16.4. The average Bonchev–Trinajstić information content (AvgIpc) is 3.44. The quantitative estimate of drug-likeness (QED) is 0.352. The number of amides is 2. The number of nitrogens with one attached hydrogen (secondary N) is 2. The Morgan fingerprint density at radius 2 is 1.91 bits per heavy atom. The highest BCUT2D eigenvalue weighted by Crippen LogP contribution is 2.25. The van der Waals surface area contributed by atoms with Crippen LogP contribution in [0.25, 0.3) is 11.3 Å². The fourth-order valence-corrected chi connectivity index (χ4v) is 4.77. The van der Waals surface area contributed by atoms with Crippen molar-refractivity contribution in [3.63, 3.8) is 0 Å². The van der Waals surface area contributed by atoms with E-state index in [4.69, 9.17) is 0 Å². The Kier molecular flexibility index (Phi) is 7.39. The van der Waals surface area contributed by atoms with Gasteiger partial charge >= 0.3 is 0 Å². The summed E-state index contributed by atoms with van der Waals surface area (Å²) in [5.74, 6) is 0.419. The number of rotatable bonds is 8. The van der Waals surface area contributed by atoms with Crippen LogP contribution in [-0.4, -0.2) is 37.3 Å². The molecule has 0 aliphatic carbocycles. The lowest BCUT2D eigenvalue weighted by molar-refractivity contribution is -0.113. The van der Waals surface area contributed by atoms with Crippen molar-refractivity contribution in [3.8, 4) is 11.3 Å². The third-order valence-electron chi connectivity index (χ3n) is 5.04. The summed E-state index contributed by atoms with van der Waals surface area (Å²) in [6.07, 6.45) is 0. The molecule has 4 aromatic rings. The zero-order valence-corrected chi connectivity index (χ0v) is 20.6. The van der Waals surface area contributed by atoms with Gasteiger partial charge in [0.2, 0.25) is 5.91 Å². The molecule has 0 radical (unpaired) electrons. The van der Waals surface area contributed by atoms with E-state index in [2.05, 4.69) is 25.8 Å². The van der Waals surface area contributed by atoms with Crippen LogP contribution in [0.3, 0.4) is 0 Å². The average molecular weight is 493 g/mol. The van der Waals surface area contributed by atoms with Gasteiger partial charge in [-0.1, -0.05) is 59.8 Å². The van der Waals surface area contributed by atoms with Crippen LogP contribution in [0, 0.1) is 6.92 Å². The molecule has 0 aliphatic heterocycles. The SMILES string of the molecule is Cc1cccc(C(=O)N[C@@H](C)c2nnc(SCC(=O)Nc3nc(-c4ccccc4)cs3)n2C)c1. The molecule has 0 saturated carbocycles. The number of hydrogen-bond acceptors (Lipinski definition) is 7. The first kappa shape index (κ1) is 23.7. The molecule has 174 valence electrons. The van der Waals surface area contributed by atoms with E-state index in [1.165, 1.54) is 23.1 Å². The Morgan fingerprint density at radius 3 is 2.68 bits per heavy atom. The number of aromatic nitrogens is 4. The Morgan fingerprint density at radius 1 is 1.12 bits per heavy atom. The van der Waals surface area contributed by atoms with Crippen molar-refractivity contribution < 1.29 is 9.59 Å². The topological polar surface area (TPSA) is 102 Å². The fourth-order valence-electron chi connectivity index (χ4n) is 3.32. The molecule has 0 fully saturated rings. The highest BCUT2D eigenvalue weighted by Gasteiger charge is 2.19. The molecule has 0 unspecified atom stereocenters. The summed E-state index contributed by atoms with van der Waals surface area (Å²) >= 11 is 2.66. The number of anilines is 1. The van der Waals surface area contributed by atoms with E-state index < -0.39 is 0 Å². The molecule has 2 N–H and O–H groups in total. The number of carbonyl (C=O) groups excluding carboxylic acids is 2. The monoisotopic (exact) mass is 492 g/mol. The third-order valence-corrected chi connectivity index (χ3v) is 6.81. The van der Waals surface area contributed by atoms with Crippen LogP contribution in [0.15, 0.2) is 65.1 Å². The number of hydrogen-bond donors (Lipinski definition) is 2. The van der Waals surface area contributed by atoms with Gasteiger partial charge in [-0.3, -0.25) is 9.59 Å². The van der Waals surface area contributed by atoms with Crippen LogP contribution in [0.1, 0.15) is 34.7 Å². The Labute approximate surface area is 205 Å². The Balaban J connectivity index is 1.32. The second-order valence-corrected chi connectivity index (χ2v) is 9.51. The van der Waals surface area contributed by atoms with Gasteiger partial charge in [0, 0.05) is 23.6 Å². The number of carbonyl (C=O) groups is 2. The maximum atomic E-state index is 12.5. The van der Waals surface area contributed by atoms with Crippen LogP contribution in [-0.2, 0) is 11.8 Å². The largest absolute Gasteiger partial charge is 0.342 e. The molecule has 0 bridgehead atoms. The lowest BCUT2D eigenvalue weighted by Gasteiger charge is -2.14. The van der Waals surface area contributed by atoms with E-state index in [1.54, 1.807) is 10.6 Å². The van der Waals surface area contributed by atoms with Crippen LogP contribution in [0.5, 0.6) is 0 Å². The Bertz CT molecular complexity index is 1300. The zero-order chi connectivity index (χ0) is 24.1. The summed E-state index contributed by atoms with van der Waals surface area (Å²) in [5, 5.41) is 17.2. The lowest BCUT2D eigenvalue weighted by Crippen LogP contribution is -2.28. The molecule has 0 aliphatic rings. The maximum Gasteiger partial charge on any atom is 0.251 e. The van der Waals surface area contributed by atoms with Gasteiger partial charge in [0.05, 0.1) is 17.5 Å². The van der Waals surface area contributed by atoms with E-state index >= 15 is 0 Å². The standard InChI is InChI=1S/C24H24N6O2S2/c1-15-8-7-11-18(12-15)22(32)25-16(2)21-28-29-24(30(21)3)34-14-20(31)27-23-26-19(13-33-23)17-9-5-4-6-10-17/h4-13,16H,14H2,1-3H3,(H,25,32)(H,26,27,31)/t16-/m0/s1. The van der Waals surface area contributed by atoms with Crippen LogP contribution >= 0.6 is 23.1 Å². The summed E-state index contributed by atoms with van der Waals surface area (Å²) in [6.45, 7) is 3.80. The van der Waals surface area contributed by atoms with Crippen molar-refractivity contribution >= 4 is 40.0 Å². The molecule has 0 saturated heterocycles. The summed E-state index contributed by atoms with van der Waals surface area (Å²) in [7, 11) is 1.82. The van der Waals surface area contributed by atoms with E-state index in [0.29, 0.717) is 21.7 Å². The Hall–Kier alpha value is -3.50. The molecule has 1 atom stereocenters. The van der Waals surface area contributed by atoms with Gasteiger partial charge in [-0.15, -0.1) is 21.5 Å². The highest BCUT2D eigenvalue weighted by molar-refractivity contribution is 7.99. The van der Waals surface area contributed by atoms with Gasteiger partial charge in [-0.25, -0.2) is 4.98 Å². The fraction of sp³-hybridized carbons (Fsp3) is 0.208. The van der Waals surface area contributed by atoms with Crippen molar-refractivity contribution in [2.24, 2.45) is 7.05 Å². The van der Waals surface area contributed by atoms with Gasteiger partial charge in [0.15, 0.2) is 16.1 Å². The molecular weight excluding hydrogens is 468 g/mol. The molecule has 8 nitrogen and oxygen atoms in total. The number of thioether (sulfide) groups is 1. The van der Waals surface area contributed by atoms with Crippen LogP contribution in [0.4, 0.5) is 5.13 Å². The summed E-state index contributed by atoms with van der Waals surface area (Å²) in [4.78, 5) is 29.5. The van der Waals surface area contributed by atoms with Crippen molar-refractivity contribution in [3.05, 3.63) is 76.9 Å². The first-order valence-corrected chi connectivity index (χ1v) is 12.5. The molecule has 2 aromatic carbocycles. The number of benzene rings is 2. The highest BCUT2D eigenvalue weighted by atomic mass is 32.2.